The molecule has 0 aliphatic carbocycles. The van der Waals surface area contributed by atoms with Crippen molar-refractivity contribution in [3.63, 3.8) is 0 Å². The summed E-state index contributed by atoms with van der Waals surface area (Å²) >= 11 is 1.15. The molecule has 1 saturated heterocycles. The van der Waals surface area contributed by atoms with E-state index in [2.05, 4.69) is 4.98 Å². The van der Waals surface area contributed by atoms with Crippen LogP contribution in [0.25, 0.3) is 11.0 Å². The molecule has 1 atom stereocenters. The molecule has 0 amide bonds. The maximum absolute atomic E-state index is 13.5. The fourth-order valence-electron chi connectivity index (χ4n) is 2.35. The van der Waals surface area contributed by atoms with Crippen molar-refractivity contribution in [1.29, 1.82) is 0 Å². The highest BCUT2D eigenvalue weighted by Crippen LogP contribution is 2.31. The second kappa shape index (κ2) is 5.41. The molecular formula is C13H13FN2O3S. The largest absolute Gasteiger partial charge is 0.481 e. The van der Waals surface area contributed by atoms with Gasteiger partial charge in [-0.3, -0.25) is 4.79 Å². The number of halogens is 1. The Bertz CT molecular complexity index is 652. The van der Waals surface area contributed by atoms with Crippen LogP contribution >= 0.6 is 11.8 Å². The lowest BCUT2D eigenvalue weighted by molar-refractivity contribution is -0.133. The first-order chi connectivity index (χ1) is 9.65. The molecule has 1 aromatic heterocycles. The maximum Gasteiger partial charge on any atom is 0.313 e. The van der Waals surface area contributed by atoms with Crippen molar-refractivity contribution in [3.8, 4) is 0 Å². The summed E-state index contributed by atoms with van der Waals surface area (Å²) in [5.41, 5.74) is 1.36. The van der Waals surface area contributed by atoms with Crippen molar-refractivity contribution in [1.82, 2.24) is 9.55 Å². The molecule has 1 fully saturated rings. The number of aliphatic carboxylic acids is 1. The van der Waals surface area contributed by atoms with E-state index in [-0.39, 0.29) is 17.6 Å². The minimum Gasteiger partial charge on any atom is -0.481 e. The number of imidazole rings is 1. The molecule has 1 unspecified atom stereocenters. The van der Waals surface area contributed by atoms with Crippen molar-refractivity contribution in [2.24, 2.45) is 0 Å². The van der Waals surface area contributed by atoms with Gasteiger partial charge in [0, 0.05) is 6.61 Å². The average molecular weight is 296 g/mol. The van der Waals surface area contributed by atoms with Gasteiger partial charge in [-0.15, -0.1) is 0 Å². The zero-order valence-corrected chi connectivity index (χ0v) is 11.4. The van der Waals surface area contributed by atoms with Gasteiger partial charge in [0.25, 0.3) is 0 Å². The molecular weight excluding hydrogens is 283 g/mol. The van der Waals surface area contributed by atoms with E-state index < -0.39 is 5.97 Å². The Balaban J connectivity index is 2.06. The Morgan fingerprint density at radius 3 is 3.15 bits per heavy atom. The molecule has 5 nitrogen and oxygen atoms in total. The van der Waals surface area contributed by atoms with Gasteiger partial charge in [-0.05, 0) is 24.6 Å². The van der Waals surface area contributed by atoms with E-state index in [9.17, 15) is 9.18 Å². The Morgan fingerprint density at radius 2 is 2.45 bits per heavy atom. The number of ether oxygens (including phenoxy) is 1. The monoisotopic (exact) mass is 296 g/mol. The highest BCUT2D eigenvalue weighted by molar-refractivity contribution is 7.99. The highest BCUT2D eigenvalue weighted by atomic mass is 32.2. The van der Waals surface area contributed by atoms with Gasteiger partial charge in [0.05, 0.1) is 29.4 Å². The minimum atomic E-state index is -0.901. The van der Waals surface area contributed by atoms with Crippen LogP contribution in [0.1, 0.15) is 12.5 Å². The first-order valence-electron chi connectivity index (χ1n) is 6.25. The smallest absolute Gasteiger partial charge is 0.313 e. The van der Waals surface area contributed by atoms with Crippen LogP contribution in [0.4, 0.5) is 4.39 Å². The summed E-state index contributed by atoms with van der Waals surface area (Å²) in [6.07, 6.45) is 0.822. The van der Waals surface area contributed by atoms with Crippen LogP contribution in [0.5, 0.6) is 0 Å². The molecule has 106 valence electrons. The molecule has 7 heteroatoms. The molecule has 2 heterocycles. The summed E-state index contributed by atoms with van der Waals surface area (Å²) in [5, 5.41) is 9.41. The molecule has 0 radical (unpaired) electrons. The minimum absolute atomic E-state index is 0.0701. The summed E-state index contributed by atoms with van der Waals surface area (Å²) in [4.78, 5) is 15.1. The first kappa shape index (κ1) is 13.4. The van der Waals surface area contributed by atoms with E-state index in [0.717, 1.165) is 18.2 Å². The molecule has 0 bridgehead atoms. The van der Waals surface area contributed by atoms with Gasteiger partial charge in [-0.1, -0.05) is 11.8 Å². The number of hydrogen-bond acceptors (Lipinski definition) is 4. The third-order valence-electron chi connectivity index (χ3n) is 3.21. The second-order valence-electron chi connectivity index (χ2n) is 4.60. The number of hydrogen-bond donors (Lipinski definition) is 1. The topological polar surface area (TPSA) is 64.3 Å². The lowest BCUT2D eigenvalue weighted by Crippen LogP contribution is -2.11. The summed E-state index contributed by atoms with van der Waals surface area (Å²) in [6.45, 7) is 1.20. The van der Waals surface area contributed by atoms with Crippen molar-refractivity contribution in [3.05, 3.63) is 24.0 Å². The van der Waals surface area contributed by atoms with Gasteiger partial charge in [0.15, 0.2) is 5.16 Å². The van der Waals surface area contributed by atoms with Crippen LogP contribution in [0.15, 0.2) is 23.4 Å². The fourth-order valence-corrected chi connectivity index (χ4v) is 3.15. The SMILES string of the molecule is O=C(O)CSc1nc2ccc(F)cc2n1C1CCOC1. The Kier molecular flexibility index (Phi) is 3.62. The van der Waals surface area contributed by atoms with Crippen LogP contribution < -0.4 is 0 Å². The molecule has 1 N–H and O–H groups in total. The van der Waals surface area contributed by atoms with Crippen LogP contribution in [-0.4, -0.2) is 39.6 Å². The third kappa shape index (κ3) is 2.51. The predicted octanol–water partition coefficient (Wildman–Crippen LogP) is 2.31. The number of benzene rings is 1. The van der Waals surface area contributed by atoms with E-state index >= 15 is 0 Å². The summed E-state index contributed by atoms with van der Waals surface area (Å²) in [6, 6.07) is 4.49. The molecule has 1 aliphatic rings. The van der Waals surface area contributed by atoms with Gasteiger partial charge >= 0.3 is 5.97 Å². The number of thioether (sulfide) groups is 1. The van der Waals surface area contributed by atoms with E-state index in [1.165, 1.54) is 12.1 Å². The third-order valence-corrected chi connectivity index (χ3v) is 4.15. The van der Waals surface area contributed by atoms with Gasteiger partial charge in [0.2, 0.25) is 0 Å². The molecule has 20 heavy (non-hydrogen) atoms. The normalized spacial score (nSPS) is 18.8. The molecule has 2 aromatic rings. The quantitative estimate of drug-likeness (QED) is 0.877. The summed E-state index contributed by atoms with van der Waals surface area (Å²) in [7, 11) is 0. The second-order valence-corrected chi connectivity index (χ2v) is 5.54. The van der Waals surface area contributed by atoms with E-state index in [0.29, 0.717) is 29.4 Å². The lowest BCUT2D eigenvalue weighted by Gasteiger charge is -2.14. The van der Waals surface area contributed by atoms with Crippen molar-refractivity contribution < 1.29 is 19.0 Å². The Labute approximate surface area is 118 Å². The van der Waals surface area contributed by atoms with Crippen LogP contribution in [0.2, 0.25) is 0 Å². The number of fused-ring (bicyclic) bond motifs is 1. The number of carbonyl (C=O) groups is 1. The van der Waals surface area contributed by atoms with Crippen molar-refractivity contribution in [2.75, 3.05) is 19.0 Å². The summed E-state index contributed by atoms with van der Waals surface area (Å²) < 4.78 is 20.7. The van der Waals surface area contributed by atoms with Crippen LogP contribution in [-0.2, 0) is 9.53 Å². The Morgan fingerprint density at radius 1 is 1.60 bits per heavy atom. The standard InChI is InChI=1S/C13H13FN2O3S/c14-8-1-2-10-11(5-8)16(9-3-4-19-6-9)13(15-10)20-7-12(17)18/h1-2,5,9H,3-4,6-7H2,(H,17,18). The van der Waals surface area contributed by atoms with E-state index in [4.69, 9.17) is 9.84 Å². The number of nitrogens with zero attached hydrogens (tertiary/aromatic N) is 2. The average Bonchev–Trinajstić information content (AvgIpc) is 3.02. The van der Waals surface area contributed by atoms with Crippen molar-refractivity contribution >= 4 is 28.8 Å². The molecule has 1 aromatic carbocycles. The molecule has 0 spiro atoms. The van der Waals surface area contributed by atoms with Gasteiger partial charge in [-0.25, -0.2) is 9.37 Å². The van der Waals surface area contributed by atoms with Crippen molar-refractivity contribution in [2.45, 2.75) is 17.6 Å². The zero-order valence-electron chi connectivity index (χ0n) is 10.6. The van der Waals surface area contributed by atoms with Crippen LogP contribution in [0, 0.1) is 5.82 Å². The lowest BCUT2D eigenvalue weighted by atomic mass is 10.2. The highest BCUT2D eigenvalue weighted by Gasteiger charge is 2.24. The fraction of sp³-hybridized carbons (Fsp3) is 0.385. The van der Waals surface area contributed by atoms with Gasteiger partial charge in [-0.2, -0.15) is 0 Å². The number of carboxylic acid groups (broad SMARTS) is 1. The molecule has 1 aliphatic heterocycles. The Hall–Kier alpha value is -1.60. The van der Waals surface area contributed by atoms with E-state index in [1.807, 2.05) is 4.57 Å². The number of rotatable bonds is 4. The van der Waals surface area contributed by atoms with Crippen LogP contribution in [0.3, 0.4) is 0 Å². The van der Waals surface area contributed by atoms with Gasteiger partial charge in [0.1, 0.15) is 5.82 Å². The van der Waals surface area contributed by atoms with Gasteiger partial charge < -0.3 is 14.4 Å². The number of aromatic nitrogens is 2. The first-order valence-corrected chi connectivity index (χ1v) is 7.23. The maximum atomic E-state index is 13.5. The molecule has 0 saturated carbocycles. The molecule has 3 rings (SSSR count). The summed E-state index contributed by atoms with van der Waals surface area (Å²) in [5.74, 6) is -1.30. The van der Waals surface area contributed by atoms with E-state index in [1.54, 1.807) is 6.07 Å². The number of carboxylic acids is 1. The zero-order chi connectivity index (χ0) is 14.1. The predicted molar refractivity (Wildman–Crippen MR) is 72.5 cm³/mol.